The number of carbonyl (C=O) groups is 1. The quantitative estimate of drug-likeness (QED) is 0.505. The second-order valence-corrected chi connectivity index (χ2v) is 5.16. The molecule has 1 atom stereocenters. The molecule has 1 heterocycles. The molecule has 0 aliphatic carbocycles. The molecule has 1 fully saturated rings. The van der Waals surface area contributed by atoms with E-state index in [1.54, 1.807) is 11.0 Å². The van der Waals surface area contributed by atoms with Crippen LogP contribution in [-0.4, -0.2) is 53.9 Å². The van der Waals surface area contributed by atoms with E-state index in [1.807, 2.05) is 14.1 Å². The summed E-state index contributed by atoms with van der Waals surface area (Å²) in [4.78, 5) is 26.6. The fourth-order valence-electron chi connectivity index (χ4n) is 2.46. The molecule has 1 aromatic rings. The number of nitrogens with zero attached hydrogens (tertiary/aromatic N) is 3. The highest BCUT2D eigenvalue weighted by molar-refractivity contribution is 6.00. The van der Waals surface area contributed by atoms with E-state index < -0.39 is 4.92 Å². The fraction of sp³-hybridized carbons (Fsp3) is 0.462. The summed E-state index contributed by atoms with van der Waals surface area (Å²) in [6.45, 7) is 1.19. The Balaban J connectivity index is 2.27. The summed E-state index contributed by atoms with van der Waals surface area (Å²) in [5, 5.41) is 11.1. The number of benzene rings is 1. The van der Waals surface area contributed by atoms with Crippen LogP contribution in [0.3, 0.4) is 0 Å². The van der Waals surface area contributed by atoms with Crippen LogP contribution in [0.4, 0.5) is 11.4 Å². The maximum Gasteiger partial charge on any atom is 0.304 e. The molecule has 0 bridgehead atoms. The molecular weight excluding hydrogens is 260 g/mol. The third-order valence-electron chi connectivity index (χ3n) is 3.66. The molecule has 2 N–H and O–H groups in total. The molecule has 0 saturated carbocycles. The van der Waals surface area contributed by atoms with Crippen molar-refractivity contribution >= 4 is 17.3 Å². The number of anilines is 1. The molecule has 0 radical (unpaired) electrons. The van der Waals surface area contributed by atoms with E-state index in [2.05, 4.69) is 4.90 Å². The number of rotatable bonds is 3. The van der Waals surface area contributed by atoms with Gasteiger partial charge in [0, 0.05) is 19.1 Å². The third-order valence-corrected chi connectivity index (χ3v) is 3.66. The van der Waals surface area contributed by atoms with Gasteiger partial charge in [0.05, 0.1) is 4.92 Å². The van der Waals surface area contributed by atoms with E-state index in [-0.39, 0.29) is 22.8 Å². The summed E-state index contributed by atoms with van der Waals surface area (Å²) < 4.78 is 0. The maximum absolute atomic E-state index is 12.4. The van der Waals surface area contributed by atoms with Crippen molar-refractivity contribution in [1.29, 1.82) is 0 Å². The average Bonchev–Trinajstić information content (AvgIpc) is 2.86. The highest BCUT2D eigenvalue weighted by atomic mass is 16.6. The summed E-state index contributed by atoms with van der Waals surface area (Å²) in [6, 6.07) is 4.75. The minimum Gasteiger partial charge on any atom is -0.393 e. The number of likely N-dealkylation sites (N-methyl/N-ethyl adjacent to an activating group) is 1. The van der Waals surface area contributed by atoms with Crippen molar-refractivity contribution in [2.75, 3.05) is 32.9 Å². The Labute approximate surface area is 117 Å². The highest BCUT2D eigenvalue weighted by Gasteiger charge is 2.32. The lowest BCUT2D eigenvalue weighted by molar-refractivity contribution is -0.384. The molecule has 7 heteroatoms. The zero-order valence-electron chi connectivity index (χ0n) is 11.6. The Morgan fingerprint density at radius 3 is 2.75 bits per heavy atom. The summed E-state index contributed by atoms with van der Waals surface area (Å²) >= 11 is 0. The van der Waals surface area contributed by atoms with Gasteiger partial charge >= 0.3 is 5.69 Å². The van der Waals surface area contributed by atoms with Crippen molar-refractivity contribution in [3.63, 3.8) is 0 Å². The summed E-state index contributed by atoms with van der Waals surface area (Å²) in [6.07, 6.45) is 0.870. The summed E-state index contributed by atoms with van der Waals surface area (Å²) in [5.41, 5.74) is 5.40. The number of carbonyl (C=O) groups excluding carboxylic acids is 1. The normalized spacial score (nSPS) is 18.6. The minimum absolute atomic E-state index is 0.0178. The summed E-state index contributed by atoms with van der Waals surface area (Å²) in [5.74, 6) is -0.326. The van der Waals surface area contributed by atoms with Crippen LogP contribution >= 0.6 is 0 Å². The first-order valence-corrected chi connectivity index (χ1v) is 6.40. The zero-order valence-corrected chi connectivity index (χ0v) is 11.6. The monoisotopic (exact) mass is 278 g/mol. The Morgan fingerprint density at radius 2 is 2.20 bits per heavy atom. The van der Waals surface area contributed by atoms with Gasteiger partial charge in [-0.25, -0.2) is 0 Å². The SMILES string of the molecule is CN(C)C1CCN(C(=O)c2cccc(N)c2[N+](=O)[O-])C1. The van der Waals surface area contributed by atoms with Crippen LogP contribution in [-0.2, 0) is 0 Å². The number of para-hydroxylation sites is 1. The molecule has 20 heavy (non-hydrogen) atoms. The van der Waals surface area contributed by atoms with Gasteiger partial charge in [-0.15, -0.1) is 0 Å². The van der Waals surface area contributed by atoms with E-state index in [9.17, 15) is 14.9 Å². The predicted octanol–water partition coefficient (Wildman–Crippen LogP) is 0.953. The predicted molar refractivity (Wildman–Crippen MR) is 75.5 cm³/mol. The van der Waals surface area contributed by atoms with E-state index in [4.69, 9.17) is 5.73 Å². The van der Waals surface area contributed by atoms with Crippen molar-refractivity contribution in [3.8, 4) is 0 Å². The lowest BCUT2D eigenvalue weighted by Crippen LogP contribution is -2.34. The smallest absolute Gasteiger partial charge is 0.304 e. The molecule has 0 aromatic heterocycles. The van der Waals surface area contributed by atoms with Gasteiger partial charge in [-0.1, -0.05) is 6.07 Å². The zero-order chi connectivity index (χ0) is 14.9. The van der Waals surface area contributed by atoms with Gasteiger partial charge < -0.3 is 15.5 Å². The van der Waals surface area contributed by atoms with E-state index >= 15 is 0 Å². The number of nitrogens with two attached hydrogens (primary N) is 1. The second-order valence-electron chi connectivity index (χ2n) is 5.16. The topological polar surface area (TPSA) is 92.7 Å². The molecule has 2 rings (SSSR count). The first-order chi connectivity index (χ1) is 9.41. The van der Waals surface area contributed by atoms with Gasteiger partial charge in [0.15, 0.2) is 0 Å². The maximum atomic E-state index is 12.4. The van der Waals surface area contributed by atoms with Crippen molar-refractivity contribution in [1.82, 2.24) is 9.80 Å². The molecule has 1 aromatic carbocycles. The number of nitro benzene ring substituents is 1. The lowest BCUT2D eigenvalue weighted by Gasteiger charge is -2.20. The van der Waals surface area contributed by atoms with Crippen molar-refractivity contribution < 1.29 is 9.72 Å². The van der Waals surface area contributed by atoms with Crippen molar-refractivity contribution in [2.45, 2.75) is 12.5 Å². The minimum atomic E-state index is -0.595. The Hall–Kier alpha value is -2.15. The largest absolute Gasteiger partial charge is 0.393 e. The Morgan fingerprint density at radius 1 is 1.50 bits per heavy atom. The summed E-state index contributed by atoms with van der Waals surface area (Å²) in [7, 11) is 3.92. The van der Waals surface area contributed by atoms with Crippen molar-refractivity contribution in [3.05, 3.63) is 33.9 Å². The first kappa shape index (κ1) is 14.3. The second kappa shape index (κ2) is 5.46. The molecule has 0 spiro atoms. The molecular formula is C13H18N4O3. The van der Waals surface area contributed by atoms with Crippen LogP contribution in [0.15, 0.2) is 18.2 Å². The number of hydrogen-bond acceptors (Lipinski definition) is 5. The first-order valence-electron chi connectivity index (χ1n) is 6.40. The van der Waals surface area contributed by atoms with Gasteiger partial charge in [0.2, 0.25) is 0 Å². The average molecular weight is 278 g/mol. The third kappa shape index (κ3) is 2.57. The molecule has 1 amide bonds. The van der Waals surface area contributed by atoms with Crippen molar-refractivity contribution in [2.24, 2.45) is 0 Å². The molecule has 1 aliphatic heterocycles. The van der Waals surface area contributed by atoms with Gasteiger partial charge in [-0.05, 0) is 32.6 Å². The number of nitrogen functional groups attached to an aromatic ring is 1. The van der Waals surface area contributed by atoms with Crippen LogP contribution in [0, 0.1) is 10.1 Å². The highest BCUT2D eigenvalue weighted by Crippen LogP contribution is 2.28. The number of likely N-dealkylation sites (tertiary alicyclic amines) is 1. The molecule has 1 unspecified atom stereocenters. The van der Waals surface area contributed by atoms with E-state index in [0.717, 1.165) is 6.42 Å². The fourth-order valence-corrected chi connectivity index (χ4v) is 2.46. The number of amides is 1. The van der Waals surface area contributed by atoms with Gasteiger partial charge in [0.1, 0.15) is 11.3 Å². The van der Waals surface area contributed by atoms with Crippen LogP contribution in [0.1, 0.15) is 16.8 Å². The molecule has 1 saturated heterocycles. The van der Waals surface area contributed by atoms with Crippen LogP contribution in [0.2, 0.25) is 0 Å². The Bertz CT molecular complexity index is 544. The van der Waals surface area contributed by atoms with Gasteiger partial charge in [0.25, 0.3) is 5.91 Å². The Kier molecular flexibility index (Phi) is 3.89. The van der Waals surface area contributed by atoms with Gasteiger partial charge in [-0.3, -0.25) is 14.9 Å². The number of hydrogen-bond donors (Lipinski definition) is 1. The van der Waals surface area contributed by atoms with Crippen LogP contribution < -0.4 is 5.73 Å². The van der Waals surface area contributed by atoms with E-state index in [1.165, 1.54) is 12.1 Å². The van der Waals surface area contributed by atoms with E-state index in [0.29, 0.717) is 19.1 Å². The molecule has 1 aliphatic rings. The number of nitro groups is 1. The lowest BCUT2D eigenvalue weighted by atomic mass is 10.1. The molecule has 108 valence electrons. The van der Waals surface area contributed by atoms with Gasteiger partial charge in [-0.2, -0.15) is 0 Å². The standard InChI is InChI=1S/C13H18N4O3/c1-15(2)9-6-7-16(8-9)13(18)10-4-3-5-11(14)12(10)17(19)20/h3-5,9H,6-8,14H2,1-2H3. The molecule has 7 nitrogen and oxygen atoms in total. The van der Waals surface area contributed by atoms with Crippen LogP contribution in [0.25, 0.3) is 0 Å². The van der Waals surface area contributed by atoms with Crippen LogP contribution in [0.5, 0.6) is 0 Å².